The molecule has 1 aliphatic rings. The van der Waals surface area contributed by atoms with E-state index in [1.165, 1.54) is 44.7 Å². The Hall–Kier alpha value is -6.21. The number of aliphatic hydroxyl groups excluding tert-OH is 1. The molecule has 6 nitrogen and oxygen atoms in total. The summed E-state index contributed by atoms with van der Waals surface area (Å²) in [6.45, 7) is 7.91. The van der Waals surface area contributed by atoms with Crippen LogP contribution in [0.1, 0.15) is 22.3 Å². The molecule has 262 valence electrons. The number of hydrogen-bond acceptors (Lipinski definition) is 6. The van der Waals surface area contributed by atoms with Crippen molar-refractivity contribution < 1.29 is 28.8 Å². The summed E-state index contributed by atoms with van der Waals surface area (Å²) < 4.78 is 22.2. The number of hydrogen-bond donors (Lipinski definition) is 1. The van der Waals surface area contributed by atoms with Crippen molar-refractivity contribution in [2.24, 2.45) is 0 Å². The predicted molar refractivity (Wildman–Crippen MR) is 211 cm³/mol. The lowest BCUT2D eigenvalue weighted by atomic mass is 9.67. The highest BCUT2D eigenvalue weighted by molar-refractivity contribution is 5.97. The van der Waals surface area contributed by atoms with E-state index in [0.29, 0.717) is 12.4 Å². The lowest BCUT2D eigenvalue weighted by Crippen LogP contribution is -2.28. The van der Waals surface area contributed by atoms with Gasteiger partial charge < -0.3 is 24.1 Å². The van der Waals surface area contributed by atoms with E-state index in [2.05, 4.69) is 122 Å². The van der Waals surface area contributed by atoms with Crippen LogP contribution in [0.25, 0.3) is 43.4 Å². The SMILES string of the molecule is C=CC(=O)OCCOc1ccc2cc(C3(c4ccc5cc(OCCOC(O)C=C)ccc5c4)c4ccccc4-c4cc5ccccc5cc43)ccc2c1. The Balaban J connectivity index is 1.24. The third-order valence-electron chi connectivity index (χ3n) is 10.0. The highest BCUT2D eigenvalue weighted by atomic mass is 16.6. The van der Waals surface area contributed by atoms with Gasteiger partial charge in [-0.1, -0.05) is 98.1 Å². The minimum atomic E-state index is -1.01. The topological polar surface area (TPSA) is 74.2 Å². The van der Waals surface area contributed by atoms with Crippen LogP contribution in [0.2, 0.25) is 0 Å². The normalized spacial score (nSPS) is 15.1. The monoisotopic (exact) mass is 698 g/mol. The fourth-order valence-corrected chi connectivity index (χ4v) is 7.60. The highest BCUT2D eigenvalue weighted by Gasteiger charge is 2.46. The van der Waals surface area contributed by atoms with E-state index in [0.717, 1.165) is 38.9 Å². The molecule has 2 atom stereocenters. The number of rotatable bonds is 13. The van der Waals surface area contributed by atoms with E-state index in [1.54, 1.807) is 0 Å². The first kappa shape index (κ1) is 33.9. The molecular formula is C47H38O6. The van der Waals surface area contributed by atoms with Crippen molar-refractivity contribution in [2.75, 3.05) is 26.4 Å². The van der Waals surface area contributed by atoms with Crippen LogP contribution in [0.4, 0.5) is 0 Å². The van der Waals surface area contributed by atoms with Crippen molar-refractivity contribution in [1.82, 2.24) is 0 Å². The Labute approximate surface area is 308 Å². The molecule has 1 N–H and O–H groups in total. The number of fused-ring (bicyclic) bond motifs is 6. The largest absolute Gasteiger partial charge is 0.491 e. The molecule has 0 bridgehead atoms. The second-order valence-corrected chi connectivity index (χ2v) is 13.1. The van der Waals surface area contributed by atoms with Gasteiger partial charge in [0, 0.05) is 6.08 Å². The van der Waals surface area contributed by atoms with Crippen molar-refractivity contribution in [3.05, 3.63) is 181 Å². The third kappa shape index (κ3) is 6.33. The fraction of sp³-hybridized carbons (Fsp3) is 0.128. The van der Waals surface area contributed by atoms with Gasteiger partial charge in [-0.2, -0.15) is 0 Å². The second kappa shape index (κ2) is 14.4. The van der Waals surface area contributed by atoms with Gasteiger partial charge in [0.1, 0.15) is 31.3 Å². The maximum atomic E-state index is 11.4. The summed E-state index contributed by atoms with van der Waals surface area (Å²) in [4.78, 5) is 11.4. The summed E-state index contributed by atoms with van der Waals surface area (Å²) in [5.41, 5.74) is 6.65. The molecule has 1 aliphatic carbocycles. The fourth-order valence-electron chi connectivity index (χ4n) is 7.60. The number of esters is 1. The molecule has 0 radical (unpaired) electrons. The summed E-state index contributed by atoms with van der Waals surface area (Å²) in [6, 6.07) is 47.7. The van der Waals surface area contributed by atoms with Gasteiger partial charge in [-0.05, 0) is 120 Å². The molecular weight excluding hydrogens is 661 g/mol. The number of aliphatic hydroxyl groups is 1. The molecule has 0 aromatic heterocycles. The van der Waals surface area contributed by atoms with Crippen molar-refractivity contribution in [2.45, 2.75) is 11.7 Å². The molecule has 7 aromatic carbocycles. The van der Waals surface area contributed by atoms with Gasteiger partial charge in [0.05, 0.1) is 12.0 Å². The van der Waals surface area contributed by atoms with Crippen molar-refractivity contribution in [3.8, 4) is 22.6 Å². The lowest BCUT2D eigenvalue weighted by molar-refractivity contribution is -0.138. The van der Waals surface area contributed by atoms with Gasteiger partial charge in [0.25, 0.3) is 0 Å². The first-order valence-corrected chi connectivity index (χ1v) is 17.7. The number of ether oxygens (including phenoxy) is 4. The maximum Gasteiger partial charge on any atom is 0.330 e. The Morgan fingerprint density at radius 3 is 1.77 bits per heavy atom. The van der Waals surface area contributed by atoms with E-state index in [1.807, 2.05) is 24.3 Å². The third-order valence-corrected chi connectivity index (χ3v) is 10.0. The molecule has 0 aliphatic heterocycles. The highest BCUT2D eigenvalue weighted by Crippen LogP contribution is 2.57. The van der Waals surface area contributed by atoms with Crippen LogP contribution in [-0.2, 0) is 19.7 Å². The Bertz CT molecular complexity index is 2520. The molecule has 0 spiro atoms. The standard InChI is InChI=1S/C47H38O6/c1-3-45(48)52-23-21-50-39-19-15-33-25-37(17-13-35(33)27-39)47(38-18-14-36-28-40(20-16-34(36)26-38)51-22-24-53-46(49)4-2)43-12-8-7-11-41(43)42-29-31-9-5-6-10-32(31)30-44(42)47/h3-20,25-30,45,48H,1-2,21-24H2. The summed E-state index contributed by atoms with van der Waals surface area (Å²) in [7, 11) is 0. The van der Waals surface area contributed by atoms with Crippen LogP contribution in [0.3, 0.4) is 0 Å². The van der Waals surface area contributed by atoms with Crippen LogP contribution >= 0.6 is 0 Å². The van der Waals surface area contributed by atoms with Crippen molar-refractivity contribution >= 4 is 38.3 Å². The molecule has 0 heterocycles. The molecule has 0 fully saturated rings. The average Bonchev–Trinajstić information content (AvgIpc) is 3.49. The Kier molecular flexibility index (Phi) is 9.23. The number of benzene rings is 7. The Morgan fingerprint density at radius 2 is 1.13 bits per heavy atom. The lowest BCUT2D eigenvalue weighted by Gasteiger charge is -2.34. The maximum absolute atomic E-state index is 11.4. The van der Waals surface area contributed by atoms with Gasteiger partial charge in [0.2, 0.25) is 0 Å². The molecule has 7 aromatic rings. The first-order valence-electron chi connectivity index (χ1n) is 17.7. The van der Waals surface area contributed by atoms with Crippen molar-refractivity contribution in [1.29, 1.82) is 0 Å². The summed E-state index contributed by atoms with van der Waals surface area (Å²) >= 11 is 0. The molecule has 8 rings (SSSR count). The molecule has 0 saturated heterocycles. The van der Waals surface area contributed by atoms with E-state index >= 15 is 0 Å². The van der Waals surface area contributed by atoms with E-state index < -0.39 is 17.7 Å². The van der Waals surface area contributed by atoms with Crippen LogP contribution in [-0.4, -0.2) is 43.8 Å². The smallest absolute Gasteiger partial charge is 0.330 e. The molecule has 0 amide bonds. The molecule has 6 heteroatoms. The predicted octanol–water partition coefficient (Wildman–Crippen LogP) is 9.52. The minimum Gasteiger partial charge on any atom is -0.491 e. The van der Waals surface area contributed by atoms with E-state index in [9.17, 15) is 9.90 Å². The quantitative estimate of drug-likeness (QED) is 0.0425. The first-order chi connectivity index (χ1) is 26.0. The number of carbonyl (C=O) groups excluding carboxylic acids is 1. The van der Waals surface area contributed by atoms with Crippen molar-refractivity contribution in [3.63, 3.8) is 0 Å². The van der Waals surface area contributed by atoms with E-state index in [4.69, 9.17) is 18.9 Å². The zero-order valence-corrected chi connectivity index (χ0v) is 29.2. The number of carbonyl (C=O) groups is 1. The zero-order chi connectivity index (χ0) is 36.4. The van der Waals surface area contributed by atoms with Crippen LogP contribution in [0.5, 0.6) is 11.5 Å². The zero-order valence-electron chi connectivity index (χ0n) is 29.2. The summed E-state index contributed by atoms with van der Waals surface area (Å²) in [5, 5.41) is 16.3. The summed E-state index contributed by atoms with van der Waals surface area (Å²) in [5.74, 6) is 0.970. The van der Waals surface area contributed by atoms with Gasteiger partial charge in [0.15, 0.2) is 6.29 Å². The van der Waals surface area contributed by atoms with Crippen LogP contribution in [0.15, 0.2) is 159 Å². The van der Waals surface area contributed by atoms with E-state index in [-0.39, 0.29) is 19.8 Å². The molecule has 53 heavy (non-hydrogen) atoms. The average molecular weight is 699 g/mol. The van der Waals surface area contributed by atoms with Crippen LogP contribution in [0, 0.1) is 0 Å². The van der Waals surface area contributed by atoms with Crippen LogP contribution < -0.4 is 9.47 Å². The van der Waals surface area contributed by atoms with Gasteiger partial charge in [-0.15, -0.1) is 0 Å². The minimum absolute atomic E-state index is 0.147. The van der Waals surface area contributed by atoms with Gasteiger partial charge >= 0.3 is 5.97 Å². The molecule has 0 saturated carbocycles. The second-order valence-electron chi connectivity index (χ2n) is 13.1. The summed E-state index contributed by atoms with van der Waals surface area (Å²) in [6.07, 6.45) is 1.47. The van der Waals surface area contributed by atoms with Gasteiger partial charge in [-0.3, -0.25) is 0 Å². The molecule has 2 unspecified atom stereocenters. The Morgan fingerprint density at radius 1 is 0.585 bits per heavy atom. The van der Waals surface area contributed by atoms with Gasteiger partial charge in [-0.25, -0.2) is 4.79 Å².